The highest BCUT2D eigenvalue weighted by atomic mass is 35.5. The molecule has 128 valence electrons. The summed E-state index contributed by atoms with van der Waals surface area (Å²) in [4.78, 5) is 11.9. The van der Waals surface area contributed by atoms with E-state index in [0.29, 0.717) is 17.1 Å². The molecule has 0 heterocycles. The first-order chi connectivity index (χ1) is 11.3. The van der Waals surface area contributed by atoms with Gasteiger partial charge in [-0.25, -0.2) is 13.6 Å². The van der Waals surface area contributed by atoms with E-state index in [0.717, 1.165) is 5.56 Å². The number of amides is 1. The van der Waals surface area contributed by atoms with Crippen molar-refractivity contribution in [3.05, 3.63) is 53.1 Å². The van der Waals surface area contributed by atoms with Crippen molar-refractivity contribution < 1.29 is 17.9 Å². The van der Waals surface area contributed by atoms with E-state index in [-0.39, 0.29) is 23.0 Å². The number of carbonyl (C=O) groups is 1. The summed E-state index contributed by atoms with van der Waals surface area (Å²) in [6.07, 6.45) is 0.685. The highest BCUT2D eigenvalue weighted by Crippen LogP contribution is 2.26. The van der Waals surface area contributed by atoms with Gasteiger partial charge in [0.1, 0.15) is 10.6 Å². The first kappa shape index (κ1) is 18.3. The van der Waals surface area contributed by atoms with Crippen LogP contribution in [0.3, 0.4) is 0 Å². The number of anilines is 1. The molecule has 0 atom stereocenters. The fourth-order valence-corrected chi connectivity index (χ4v) is 3.10. The number of hydrogen-bond donors (Lipinski definition) is 2. The third-order valence-corrected chi connectivity index (χ3v) is 4.63. The van der Waals surface area contributed by atoms with E-state index >= 15 is 0 Å². The summed E-state index contributed by atoms with van der Waals surface area (Å²) in [7, 11) is -2.62. The number of aryl methyl sites for hydroxylation is 1. The highest BCUT2D eigenvalue weighted by molar-refractivity contribution is 7.89. The Kier molecular flexibility index (Phi) is 5.82. The van der Waals surface area contributed by atoms with Gasteiger partial charge in [0, 0.05) is 17.1 Å². The van der Waals surface area contributed by atoms with Gasteiger partial charge in [0.05, 0.1) is 7.11 Å². The number of ether oxygens (including phenoxy) is 1. The summed E-state index contributed by atoms with van der Waals surface area (Å²) >= 11 is 6.05. The number of methoxy groups -OCH3 is 1. The molecule has 0 aliphatic heterocycles. The van der Waals surface area contributed by atoms with E-state index in [1.807, 2.05) is 18.2 Å². The van der Waals surface area contributed by atoms with Crippen LogP contribution < -0.4 is 15.2 Å². The topological polar surface area (TPSA) is 98.5 Å². The van der Waals surface area contributed by atoms with Gasteiger partial charge in [0.2, 0.25) is 15.9 Å². The maximum absolute atomic E-state index is 12.0. The van der Waals surface area contributed by atoms with Crippen molar-refractivity contribution >= 4 is 33.2 Å². The molecule has 0 spiro atoms. The lowest BCUT2D eigenvalue weighted by atomic mass is 10.1. The molecular formula is C16H17ClN2O4S. The number of carbonyl (C=O) groups excluding carboxylic acids is 1. The van der Waals surface area contributed by atoms with Crippen molar-refractivity contribution in [2.75, 3.05) is 12.4 Å². The number of hydrogen-bond acceptors (Lipinski definition) is 4. The number of sulfonamides is 1. The molecule has 3 N–H and O–H groups in total. The van der Waals surface area contributed by atoms with Crippen molar-refractivity contribution in [1.29, 1.82) is 0 Å². The standard InChI is InChI=1S/C16H17ClN2O4S/c1-23-14-8-7-12(10-15(14)24(18,21)22)19-16(20)9-6-11-4-2-3-5-13(11)17/h2-5,7-8,10H,6,9H2,1H3,(H,19,20)(H2,18,21,22). The number of primary sulfonamides is 1. The molecule has 24 heavy (non-hydrogen) atoms. The fraction of sp³-hybridized carbons (Fsp3) is 0.188. The predicted molar refractivity (Wildman–Crippen MR) is 92.8 cm³/mol. The summed E-state index contributed by atoms with van der Waals surface area (Å²) in [6, 6.07) is 11.5. The largest absolute Gasteiger partial charge is 0.495 e. The van der Waals surface area contributed by atoms with E-state index in [4.69, 9.17) is 21.5 Å². The minimum Gasteiger partial charge on any atom is -0.495 e. The van der Waals surface area contributed by atoms with E-state index in [1.54, 1.807) is 12.1 Å². The van der Waals surface area contributed by atoms with Crippen LogP contribution in [0.5, 0.6) is 5.75 Å². The maximum atomic E-state index is 12.0. The van der Waals surface area contributed by atoms with E-state index in [1.165, 1.54) is 19.2 Å². The summed E-state index contributed by atoms with van der Waals surface area (Å²) < 4.78 is 28.1. The zero-order valence-electron chi connectivity index (χ0n) is 13.0. The van der Waals surface area contributed by atoms with Gasteiger partial charge in [0.25, 0.3) is 0 Å². The van der Waals surface area contributed by atoms with Gasteiger partial charge in [-0.2, -0.15) is 0 Å². The van der Waals surface area contributed by atoms with Gasteiger partial charge in [-0.3, -0.25) is 4.79 Å². The summed E-state index contributed by atoms with van der Waals surface area (Å²) in [6.45, 7) is 0. The lowest BCUT2D eigenvalue weighted by molar-refractivity contribution is -0.116. The summed E-state index contributed by atoms with van der Waals surface area (Å²) in [5, 5.41) is 8.39. The lowest BCUT2D eigenvalue weighted by Gasteiger charge is -2.10. The first-order valence-electron chi connectivity index (χ1n) is 7.05. The van der Waals surface area contributed by atoms with Crippen LogP contribution >= 0.6 is 11.6 Å². The smallest absolute Gasteiger partial charge is 0.241 e. The van der Waals surface area contributed by atoms with Crippen LogP contribution in [0.4, 0.5) is 5.69 Å². The predicted octanol–water partition coefficient (Wildman–Crippen LogP) is 2.57. The second-order valence-electron chi connectivity index (χ2n) is 5.05. The van der Waals surface area contributed by atoms with Crippen molar-refractivity contribution in [3.63, 3.8) is 0 Å². The molecule has 0 aromatic heterocycles. The highest BCUT2D eigenvalue weighted by Gasteiger charge is 2.16. The molecule has 1 amide bonds. The van der Waals surface area contributed by atoms with Crippen molar-refractivity contribution in [2.24, 2.45) is 5.14 Å². The summed E-state index contributed by atoms with van der Waals surface area (Å²) in [5.41, 5.74) is 1.19. The molecular weight excluding hydrogens is 352 g/mol. The van der Waals surface area contributed by atoms with Crippen LogP contribution in [0.2, 0.25) is 5.02 Å². The van der Waals surface area contributed by atoms with Gasteiger partial charge >= 0.3 is 0 Å². The SMILES string of the molecule is COc1ccc(NC(=O)CCc2ccccc2Cl)cc1S(N)(=O)=O. The minimum absolute atomic E-state index is 0.117. The van der Waals surface area contributed by atoms with Gasteiger partial charge in [0.15, 0.2) is 0 Å². The second-order valence-corrected chi connectivity index (χ2v) is 6.99. The van der Waals surface area contributed by atoms with Crippen molar-refractivity contribution in [2.45, 2.75) is 17.7 Å². The third kappa shape index (κ3) is 4.70. The Morgan fingerprint density at radius 3 is 2.58 bits per heavy atom. The Hall–Kier alpha value is -2.09. The van der Waals surface area contributed by atoms with E-state index in [9.17, 15) is 13.2 Å². The van der Waals surface area contributed by atoms with Gasteiger partial charge in [-0.05, 0) is 36.2 Å². The normalized spacial score (nSPS) is 11.1. The van der Waals surface area contributed by atoms with Crippen molar-refractivity contribution in [1.82, 2.24) is 0 Å². The van der Waals surface area contributed by atoms with Crippen LogP contribution in [0.1, 0.15) is 12.0 Å². The Balaban J connectivity index is 2.08. The van der Waals surface area contributed by atoms with Gasteiger partial charge in [-0.15, -0.1) is 0 Å². The molecule has 8 heteroatoms. The molecule has 2 aromatic carbocycles. The fourth-order valence-electron chi connectivity index (χ4n) is 2.15. The molecule has 2 aromatic rings. The Labute approximate surface area is 145 Å². The molecule has 0 aliphatic carbocycles. The Morgan fingerprint density at radius 2 is 1.96 bits per heavy atom. The lowest BCUT2D eigenvalue weighted by Crippen LogP contribution is -2.16. The average molecular weight is 369 g/mol. The molecule has 0 saturated carbocycles. The van der Waals surface area contributed by atoms with Crippen LogP contribution in [0, 0.1) is 0 Å². The van der Waals surface area contributed by atoms with Gasteiger partial charge < -0.3 is 10.1 Å². The third-order valence-electron chi connectivity index (χ3n) is 3.33. The van der Waals surface area contributed by atoms with Gasteiger partial charge in [-0.1, -0.05) is 29.8 Å². The molecule has 0 saturated heterocycles. The van der Waals surface area contributed by atoms with Crippen LogP contribution in [-0.2, 0) is 21.2 Å². The van der Waals surface area contributed by atoms with E-state index in [2.05, 4.69) is 5.32 Å². The number of rotatable bonds is 6. The zero-order valence-corrected chi connectivity index (χ0v) is 14.5. The second kappa shape index (κ2) is 7.65. The molecule has 0 radical (unpaired) electrons. The van der Waals surface area contributed by atoms with Crippen LogP contribution in [0.15, 0.2) is 47.4 Å². The van der Waals surface area contributed by atoms with E-state index < -0.39 is 10.0 Å². The Bertz CT molecular complexity index is 853. The maximum Gasteiger partial charge on any atom is 0.241 e. The number of nitrogens with two attached hydrogens (primary N) is 1. The summed E-state index contributed by atoms with van der Waals surface area (Å²) in [5.74, 6) is -0.146. The van der Waals surface area contributed by atoms with Crippen LogP contribution in [0.25, 0.3) is 0 Å². The quantitative estimate of drug-likeness (QED) is 0.818. The monoisotopic (exact) mass is 368 g/mol. The molecule has 0 unspecified atom stereocenters. The molecule has 2 rings (SSSR count). The molecule has 0 bridgehead atoms. The molecule has 0 aliphatic rings. The zero-order chi connectivity index (χ0) is 17.7. The molecule has 0 fully saturated rings. The number of halogens is 1. The first-order valence-corrected chi connectivity index (χ1v) is 8.98. The number of benzene rings is 2. The average Bonchev–Trinajstić information content (AvgIpc) is 2.53. The Morgan fingerprint density at radius 1 is 1.25 bits per heavy atom. The molecule has 6 nitrogen and oxygen atoms in total. The van der Waals surface area contributed by atoms with Crippen molar-refractivity contribution in [3.8, 4) is 5.75 Å². The van der Waals surface area contributed by atoms with Crippen LogP contribution in [-0.4, -0.2) is 21.4 Å². The number of nitrogens with one attached hydrogen (secondary N) is 1. The minimum atomic E-state index is -3.96.